The molecule has 1 saturated heterocycles. The van der Waals surface area contributed by atoms with E-state index in [9.17, 15) is 0 Å². The molecule has 0 aromatic carbocycles. The lowest BCUT2D eigenvalue weighted by Gasteiger charge is -2.21. The summed E-state index contributed by atoms with van der Waals surface area (Å²) < 4.78 is 5.19. The largest absolute Gasteiger partial charge is 0.381 e. The van der Waals surface area contributed by atoms with Crippen LogP contribution in [-0.4, -0.2) is 31.6 Å². The molecule has 0 atom stereocenters. The molecule has 3 nitrogen and oxygen atoms in total. The van der Waals surface area contributed by atoms with Gasteiger partial charge in [-0.05, 0) is 18.8 Å². The van der Waals surface area contributed by atoms with Crippen LogP contribution in [0.3, 0.4) is 0 Å². The molecule has 0 aromatic rings. The van der Waals surface area contributed by atoms with Gasteiger partial charge < -0.3 is 9.84 Å². The summed E-state index contributed by atoms with van der Waals surface area (Å²) in [5.41, 5.74) is 0. The molecular formula is C7H15NO2. The van der Waals surface area contributed by atoms with E-state index in [4.69, 9.17) is 9.84 Å². The Kier molecular flexibility index (Phi) is 3.72. The van der Waals surface area contributed by atoms with Crippen molar-refractivity contribution < 1.29 is 9.84 Å². The van der Waals surface area contributed by atoms with Crippen molar-refractivity contribution in [3.05, 3.63) is 0 Å². The van der Waals surface area contributed by atoms with E-state index in [1.54, 1.807) is 0 Å². The fourth-order valence-corrected chi connectivity index (χ4v) is 1.22. The van der Waals surface area contributed by atoms with E-state index in [1.165, 1.54) is 0 Å². The van der Waals surface area contributed by atoms with E-state index in [0.717, 1.165) is 32.6 Å². The van der Waals surface area contributed by atoms with E-state index < -0.39 is 0 Å². The predicted molar refractivity (Wildman–Crippen MR) is 38.6 cm³/mol. The molecule has 1 aliphatic rings. The number of rotatable bonds is 3. The zero-order valence-corrected chi connectivity index (χ0v) is 6.18. The minimum atomic E-state index is 0.0946. The van der Waals surface area contributed by atoms with Crippen molar-refractivity contribution in [1.29, 1.82) is 0 Å². The number of aliphatic hydroxyl groups excluding tert-OH is 1. The van der Waals surface area contributed by atoms with Crippen LogP contribution in [-0.2, 0) is 4.74 Å². The van der Waals surface area contributed by atoms with Crippen molar-refractivity contribution in [1.82, 2.24) is 5.32 Å². The van der Waals surface area contributed by atoms with Gasteiger partial charge in [0.1, 0.15) is 0 Å². The molecule has 0 aliphatic carbocycles. The Bertz CT molecular complexity index is 81.7. The Morgan fingerprint density at radius 1 is 1.40 bits per heavy atom. The highest BCUT2D eigenvalue weighted by molar-refractivity contribution is 4.64. The number of aliphatic hydroxyl groups is 1. The van der Waals surface area contributed by atoms with Crippen LogP contribution in [0.1, 0.15) is 12.8 Å². The molecule has 2 N–H and O–H groups in total. The average Bonchev–Trinajstić information content (AvgIpc) is 2.03. The van der Waals surface area contributed by atoms with E-state index in [-0.39, 0.29) is 6.73 Å². The smallest absolute Gasteiger partial charge is 0.0931 e. The van der Waals surface area contributed by atoms with E-state index in [2.05, 4.69) is 5.32 Å². The Balaban J connectivity index is 2.02. The lowest BCUT2D eigenvalue weighted by molar-refractivity contribution is 0.0641. The van der Waals surface area contributed by atoms with Gasteiger partial charge >= 0.3 is 0 Å². The highest BCUT2D eigenvalue weighted by atomic mass is 16.5. The topological polar surface area (TPSA) is 41.5 Å². The van der Waals surface area contributed by atoms with Gasteiger partial charge in [0.05, 0.1) is 6.73 Å². The Hall–Kier alpha value is -0.120. The average molecular weight is 145 g/mol. The van der Waals surface area contributed by atoms with Gasteiger partial charge in [-0.15, -0.1) is 0 Å². The number of hydrogen-bond acceptors (Lipinski definition) is 3. The van der Waals surface area contributed by atoms with Crippen molar-refractivity contribution >= 4 is 0 Å². The second kappa shape index (κ2) is 4.66. The summed E-state index contributed by atoms with van der Waals surface area (Å²) in [7, 11) is 0. The van der Waals surface area contributed by atoms with Crippen molar-refractivity contribution in [3.8, 4) is 0 Å². The molecule has 1 fully saturated rings. The zero-order chi connectivity index (χ0) is 7.23. The van der Waals surface area contributed by atoms with Gasteiger partial charge in [-0.3, -0.25) is 5.32 Å². The third-order valence-electron chi connectivity index (χ3n) is 1.89. The molecule has 3 heteroatoms. The summed E-state index contributed by atoms with van der Waals surface area (Å²) in [6, 6.07) is 0. The molecular weight excluding hydrogens is 130 g/mol. The fourth-order valence-electron chi connectivity index (χ4n) is 1.22. The van der Waals surface area contributed by atoms with Crippen LogP contribution in [0.25, 0.3) is 0 Å². The van der Waals surface area contributed by atoms with Crippen LogP contribution >= 0.6 is 0 Å². The quantitative estimate of drug-likeness (QED) is 0.547. The highest BCUT2D eigenvalue weighted by Crippen LogP contribution is 2.12. The number of nitrogens with one attached hydrogen (secondary N) is 1. The van der Waals surface area contributed by atoms with Gasteiger partial charge in [-0.1, -0.05) is 0 Å². The Labute approximate surface area is 61.4 Å². The van der Waals surface area contributed by atoms with Crippen molar-refractivity contribution in [2.24, 2.45) is 5.92 Å². The number of ether oxygens (including phenoxy) is 1. The van der Waals surface area contributed by atoms with Crippen LogP contribution in [0.5, 0.6) is 0 Å². The zero-order valence-electron chi connectivity index (χ0n) is 6.18. The molecule has 1 rings (SSSR count). The standard InChI is InChI=1S/C7H15NO2/c9-6-8-5-7-1-3-10-4-2-7/h7-9H,1-6H2. The van der Waals surface area contributed by atoms with Crippen molar-refractivity contribution in [3.63, 3.8) is 0 Å². The Morgan fingerprint density at radius 3 is 2.70 bits per heavy atom. The summed E-state index contributed by atoms with van der Waals surface area (Å²) >= 11 is 0. The monoisotopic (exact) mass is 145 g/mol. The molecule has 60 valence electrons. The van der Waals surface area contributed by atoms with Crippen LogP contribution in [0, 0.1) is 5.92 Å². The van der Waals surface area contributed by atoms with Gasteiger partial charge in [-0.25, -0.2) is 0 Å². The highest BCUT2D eigenvalue weighted by Gasteiger charge is 2.12. The first-order valence-electron chi connectivity index (χ1n) is 3.83. The van der Waals surface area contributed by atoms with Gasteiger partial charge in [0.2, 0.25) is 0 Å². The van der Waals surface area contributed by atoms with Gasteiger partial charge in [-0.2, -0.15) is 0 Å². The maximum atomic E-state index is 8.45. The maximum Gasteiger partial charge on any atom is 0.0931 e. The molecule has 0 unspecified atom stereocenters. The molecule has 0 bridgehead atoms. The lowest BCUT2D eigenvalue weighted by Crippen LogP contribution is -2.28. The van der Waals surface area contributed by atoms with Crippen LogP contribution < -0.4 is 5.32 Å². The van der Waals surface area contributed by atoms with Gasteiger partial charge in [0, 0.05) is 19.8 Å². The third-order valence-corrected chi connectivity index (χ3v) is 1.89. The van der Waals surface area contributed by atoms with E-state index in [0.29, 0.717) is 5.92 Å². The molecule has 1 aliphatic heterocycles. The maximum absolute atomic E-state index is 8.45. The minimum absolute atomic E-state index is 0.0946. The normalized spacial score (nSPS) is 21.3. The summed E-state index contributed by atoms with van der Waals surface area (Å²) in [6.07, 6.45) is 2.26. The lowest BCUT2D eigenvalue weighted by atomic mass is 10.0. The first-order valence-corrected chi connectivity index (χ1v) is 3.83. The van der Waals surface area contributed by atoms with E-state index in [1.807, 2.05) is 0 Å². The van der Waals surface area contributed by atoms with Crippen LogP contribution in [0.2, 0.25) is 0 Å². The molecule has 0 spiro atoms. The molecule has 0 amide bonds. The second-order valence-electron chi connectivity index (χ2n) is 2.67. The predicted octanol–water partition coefficient (Wildman–Crippen LogP) is -0.0476. The molecule has 0 radical (unpaired) electrons. The molecule has 1 heterocycles. The van der Waals surface area contributed by atoms with E-state index >= 15 is 0 Å². The van der Waals surface area contributed by atoms with Crippen molar-refractivity contribution in [2.75, 3.05) is 26.5 Å². The number of hydrogen-bond donors (Lipinski definition) is 2. The first-order chi connectivity index (χ1) is 4.93. The van der Waals surface area contributed by atoms with Gasteiger partial charge in [0.25, 0.3) is 0 Å². The SMILES string of the molecule is OCNCC1CCOCC1. The van der Waals surface area contributed by atoms with Crippen LogP contribution in [0.15, 0.2) is 0 Å². The second-order valence-corrected chi connectivity index (χ2v) is 2.67. The summed E-state index contributed by atoms with van der Waals surface area (Å²) in [5, 5.41) is 11.4. The molecule has 0 saturated carbocycles. The Morgan fingerprint density at radius 2 is 2.10 bits per heavy atom. The molecule has 10 heavy (non-hydrogen) atoms. The summed E-state index contributed by atoms with van der Waals surface area (Å²) in [5.74, 6) is 0.709. The molecule has 0 aromatic heterocycles. The summed E-state index contributed by atoms with van der Waals surface area (Å²) in [4.78, 5) is 0. The van der Waals surface area contributed by atoms with Crippen molar-refractivity contribution in [2.45, 2.75) is 12.8 Å². The first kappa shape index (κ1) is 7.98. The van der Waals surface area contributed by atoms with Crippen LogP contribution in [0.4, 0.5) is 0 Å². The van der Waals surface area contributed by atoms with Gasteiger partial charge in [0.15, 0.2) is 0 Å². The summed E-state index contributed by atoms with van der Waals surface area (Å²) in [6.45, 7) is 2.80. The minimum Gasteiger partial charge on any atom is -0.381 e. The fraction of sp³-hybridized carbons (Fsp3) is 1.00. The third kappa shape index (κ3) is 2.64.